The van der Waals surface area contributed by atoms with Gasteiger partial charge in [-0.2, -0.15) is 5.26 Å². The zero-order valence-corrected chi connectivity index (χ0v) is 16.6. The van der Waals surface area contributed by atoms with Gasteiger partial charge in [0, 0.05) is 25.2 Å². The van der Waals surface area contributed by atoms with Gasteiger partial charge in [-0.1, -0.05) is 0 Å². The normalized spacial score (nSPS) is 13.6. The minimum Gasteiger partial charge on any atom is -0.492 e. The summed E-state index contributed by atoms with van der Waals surface area (Å²) >= 11 is 0. The number of hydrogen-bond donors (Lipinski definition) is 1. The molecule has 154 valence electrons. The molecule has 29 heavy (non-hydrogen) atoms. The Balaban J connectivity index is 1.87. The van der Waals surface area contributed by atoms with Crippen molar-refractivity contribution < 1.29 is 19.0 Å². The van der Waals surface area contributed by atoms with Gasteiger partial charge in [0.1, 0.15) is 30.4 Å². The van der Waals surface area contributed by atoms with E-state index in [0.29, 0.717) is 43.6 Å². The molecule has 0 aliphatic carbocycles. The first-order chi connectivity index (χ1) is 14.2. The number of carbonyl (C=O) groups is 1. The third-order valence-corrected chi connectivity index (χ3v) is 4.32. The second kappa shape index (κ2) is 9.75. The Hall–Kier alpha value is -3.32. The summed E-state index contributed by atoms with van der Waals surface area (Å²) in [6, 6.07) is 5.55. The summed E-state index contributed by atoms with van der Waals surface area (Å²) in [4.78, 5) is 14.7. The lowest BCUT2D eigenvalue weighted by Gasteiger charge is -2.31. The predicted octanol–water partition coefficient (Wildman–Crippen LogP) is 1.42. The van der Waals surface area contributed by atoms with Gasteiger partial charge in [-0.15, -0.1) is 10.2 Å². The lowest BCUT2D eigenvalue weighted by Crippen LogP contribution is -2.36. The molecule has 2 heterocycles. The number of nitrogens with zero attached hydrogens (tertiary/aromatic N) is 5. The predicted molar refractivity (Wildman–Crippen MR) is 105 cm³/mol. The molecule has 1 aromatic carbocycles. The number of anilines is 2. The van der Waals surface area contributed by atoms with Crippen molar-refractivity contribution >= 4 is 17.3 Å². The lowest BCUT2D eigenvalue weighted by atomic mass is 10.2. The first kappa shape index (κ1) is 20.4. The van der Waals surface area contributed by atoms with E-state index >= 15 is 0 Å². The van der Waals surface area contributed by atoms with Crippen LogP contribution in [0.4, 0.5) is 11.4 Å². The van der Waals surface area contributed by atoms with Crippen molar-refractivity contribution in [2.75, 3.05) is 49.7 Å². The zero-order chi connectivity index (χ0) is 20.6. The van der Waals surface area contributed by atoms with Gasteiger partial charge in [-0.3, -0.25) is 9.36 Å². The Labute approximate surface area is 169 Å². The Morgan fingerprint density at radius 1 is 1.24 bits per heavy atom. The van der Waals surface area contributed by atoms with Gasteiger partial charge in [-0.05, 0) is 13.8 Å². The molecule has 10 heteroatoms. The fraction of sp³-hybridized carbons (Fsp3) is 0.474. The van der Waals surface area contributed by atoms with Gasteiger partial charge in [0.25, 0.3) is 0 Å². The van der Waals surface area contributed by atoms with Crippen molar-refractivity contribution in [2.45, 2.75) is 20.4 Å². The van der Waals surface area contributed by atoms with Crippen molar-refractivity contribution in [1.82, 2.24) is 14.8 Å². The van der Waals surface area contributed by atoms with E-state index in [2.05, 4.69) is 20.4 Å². The Morgan fingerprint density at radius 3 is 2.66 bits per heavy atom. The number of nitriles is 1. The van der Waals surface area contributed by atoms with Crippen molar-refractivity contribution in [2.24, 2.45) is 0 Å². The largest absolute Gasteiger partial charge is 0.492 e. The molecule has 2 aromatic rings. The lowest BCUT2D eigenvalue weighted by molar-refractivity contribution is -0.116. The number of aromatic nitrogens is 3. The topological polar surface area (TPSA) is 115 Å². The van der Waals surface area contributed by atoms with Gasteiger partial charge in [-0.25, -0.2) is 0 Å². The van der Waals surface area contributed by atoms with Crippen molar-refractivity contribution in [1.29, 1.82) is 5.26 Å². The number of amides is 1. The molecule has 1 aliphatic rings. The fourth-order valence-corrected chi connectivity index (χ4v) is 3.05. The molecule has 0 bridgehead atoms. The van der Waals surface area contributed by atoms with Crippen LogP contribution >= 0.6 is 0 Å². The smallest absolute Gasteiger partial charge is 0.244 e. The van der Waals surface area contributed by atoms with E-state index in [1.807, 2.05) is 26.0 Å². The molecule has 3 rings (SSSR count). The second-order valence-corrected chi connectivity index (χ2v) is 6.22. The van der Waals surface area contributed by atoms with Crippen molar-refractivity contribution in [3.8, 4) is 17.6 Å². The van der Waals surface area contributed by atoms with Gasteiger partial charge < -0.3 is 24.4 Å². The number of nitrogens with one attached hydrogen (secondary N) is 1. The molecule has 10 nitrogen and oxygen atoms in total. The maximum absolute atomic E-state index is 12.5. The molecule has 0 atom stereocenters. The number of hydrogen-bond acceptors (Lipinski definition) is 8. The molecule has 1 aromatic heterocycles. The van der Waals surface area contributed by atoms with Crippen LogP contribution in [0.2, 0.25) is 0 Å². The quantitative estimate of drug-likeness (QED) is 0.708. The fourth-order valence-electron chi connectivity index (χ4n) is 3.05. The van der Waals surface area contributed by atoms with Crippen LogP contribution in [0.15, 0.2) is 18.5 Å². The minimum atomic E-state index is -0.330. The molecule has 1 N–H and O–H groups in total. The first-order valence-electron chi connectivity index (χ1n) is 9.50. The van der Waals surface area contributed by atoms with Crippen LogP contribution in [0.5, 0.6) is 11.5 Å². The maximum Gasteiger partial charge on any atom is 0.244 e. The van der Waals surface area contributed by atoms with Crippen molar-refractivity contribution in [3.63, 3.8) is 0 Å². The number of carbonyl (C=O) groups excluding carboxylic acids is 1. The second-order valence-electron chi connectivity index (χ2n) is 6.22. The van der Waals surface area contributed by atoms with E-state index in [1.165, 1.54) is 10.9 Å². The molecule has 0 spiro atoms. The molecule has 1 aliphatic heterocycles. The summed E-state index contributed by atoms with van der Waals surface area (Å²) in [5, 5.41) is 19.2. The maximum atomic E-state index is 12.5. The zero-order valence-electron chi connectivity index (χ0n) is 16.6. The Bertz CT molecular complexity index is 885. The third kappa shape index (κ3) is 4.94. The van der Waals surface area contributed by atoms with Crippen LogP contribution in [-0.4, -0.2) is 60.2 Å². The summed E-state index contributed by atoms with van der Waals surface area (Å²) in [7, 11) is 0. The summed E-state index contributed by atoms with van der Waals surface area (Å²) in [6.07, 6.45) is 1.34. The van der Waals surface area contributed by atoms with E-state index in [4.69, 9.17) is 19.5 Å². The Morgan fingerprint density at radius 2 is 1.97 bits per heavy atom. The number of morpholine rings is 1. The Kier molecular flexibility index (Phi) is 6.86. The molecular formula is C19H24N6O4. The van der Waals surface area contributed by atoms with Gasteiger partial charge in [0.15, 0.2) is 0 Å². The third-order valence-electron chi connectivity index (χ3n) is 4.32. The molecule has 0 saturated carbocycles. The molecule has 1 fully saturated rings. The highest BCUT2D eigenvalue weighted by atomic mass is 16.5. The van der Waals surface area contributed by atoms with E-state index in [9.17, 15) is 4.79 Å². The van der Waals surface area contributed by atoms with Crippen LogP contribution in [0.3, 0.4) is 0 Å². The van der Waals surface area contributed by atoms with Crippen LogP contribution in [0, 0.1) is 11.3 Å². The van der Waals surface area contributed by atoms with E-state index in [1.54, 1.807) is 6.07 Å². The van der Waals surface area contributed by atoms with Gasteiger partial charge >= 0.3 is 0 Å². The number of benzene rings is 1. The highest BCUT2D eigenvalue weighted by Gasteiger charge is 2.20. The molecule has 1 saturated heterocycles. The average molecular weight is 400 g/mol. The number of rotatable bonds is 8. The van der Waals surface area contributed by atoms with Crippen molar-refractivity contribution in [3.05, 3.63) is 24.3 Å². The summed E-state index contributed by atoms with van der Waals surface area (Å²) in [5.41, 5.74) is 1.41. The molecule has 1 amide bonds. The molecular weight excluding hydrogens is 376 g/mol. The summed E-state index contributed by atoms with van der Waals surface area (Å²) in [5.74, 6) is 0.955. The summed E-state index contributed by atoms with van der Waals surface area (Å²) < 4.78 is 18.4. The first-order valence-corrected chi connectivity index (χ1v) is 9.50. The SMILES string of the molecule is CCOc1cc(N2CCOCC2)c(OCC)cc1NC(=O)Cn1cnnc1C#N. The van der Waals surface area contributed by atoms with Gasteiger partial charge in [0.2, 0.25) is 11.7 Å². The average Bonchev–Trinajstić information content (AvgIpc) is 3.17. The minimum absolute atomic E-state index is 0.0721. The van der Waals surface area contributed by atoms with Crippen LogP contribution in [0.1, 0.15) is 19.7 Å². The monoisotopic (exact) mass is 400 g/mol. The van der Waals surface area contributed by atoms with Crippen LogP contribution < -0.4 is 19.7 Å². The van der Waals surface area contributed by atoms with Crippen LogP contribution in [-0.2, 0) is 16.1 Å². The van der Waals surface area contributed by atoms with Gasteiger partial charge in [0.05, 0.1) is 37.8 Å². The van der Waals surface area contributed by atoms with E-state index in [0.717, 1.165) is 18.8 Å². The van der Waals surface area contributed by atoms with E-state index < -0.39 is 0 Å². The molecule has 0 radical (unpaired) electrons. The number of ether oxygens (including phenoxy) is 3. The molecule has 0 unspecified atom stereocenters. The highest BCUT2D eigenvalue weighted by molar-refractivity contribution is 5.93. The van der Waals surface area contributed by atoms with E-state index in [-0.39, 0.29) is 18.3 Å². The standard InChI is InChI=1S/C19H24N6O4/c1-3-28-16-10-15(24-5-7-27-8-6-24)17(29-4-2)9-14(16)22-19(26)12-25-13-21-23-18(25)11-20/h9-10,13H,3-8,12H2,1-2H3,(H,22,26). The highest BCUT2D eigenvalue weighted by Crippen LogP contribution is 2.39. The van der Waals surface area contributed by atoms with Crippen LogP contribution in [0.25, 0.3) is 0 Å². The summed E-state index contributed by atoms with van der Waals surface area (Å²) in [6.45, 7) is 7.44.